The summed E-state index contributed by atoms with van der Waals surface area (Å²) in [4.78, 5) is 2.61. The number of nitrogens with zero attached hydrogens (tertiary/aromatic N) is 1. The van der Waals surface area contributed by atoms with E-state index >= 15 is 0 Å². The summed E-state index contributed by atoms with van der Waals surface area (Å²) in [6.07, 6.45) is 1.19. The highest BCUT2D eigenvalue weighted by molar-refractivity contribution is 4.89. The summed E-state index contributed by atoms with van der Waals surface area (Å²) < 4.78 is 5.63. The Hall–Kier alpha value is -0.120. The number of hydrogen-bond donors (Lipinski definition) is 1. The molecule has 3 nitrogen and oxygen atoms in total. The summed E-state index contributed by atoms with van der Waals surface area (Å²) in [5.74, 6) is 0.728. The van der Waals surface area contributed by atoms with Crippen molar-refractivity contribution in [3.8, 4) is 0 Å². The molecule has 1 heterocycles. The van der Waals surface area contributed by atoms with Crippen LogP contribution >= 0.6 is 0 Å². The molecule has 0 aromatic heterocycles. The van der Waals surface area contributed by atoms with Gasteiger partial charge in [-0.25, -0.2) is 0 Å². The van der Waals surface area contributed by atoms with Crippen molar-refractivity contribution in [3.05, 3.63) is 0 Å². The van der Waals surface area contributed by atoms with Gasteiger partial charge in [0.1, 0.15) is 0 Å². The first kappa shape index (κ1) is 14.9. The summed E-state index contributed by atoms with van der Waals surface area (Å²) in [7, 11) is 2.04. The van der Waals surface area contributed by atoms with E-state index < -0.39 is 0 Å². The van der Waals surface area contributed by atoms with E-state index in [1.165, 1.54) is 13.0 Å². The molecule has 1 rings (SSSR count). The fraction of sp³-hybridized carbons (Fsp3) is 1.00. The normalized spacial score (nSPS) is 25.4. The third-order valence-corrected chi connectivity index (χ3v) is 3.61. The van der Waals surface area contributed by atoms with Crippen molar-refractivity contribution in [2.45, 2.75) is 40.2 Å². The molecule has 0 spiro atoms. The van der Waals surface area contributed by atoms with Crippen molar-refractivity contribution in [1.82, 2.24) is 10.2 Å². The van der Waals surface area contributed by atoms with Crippen molar-refractivity contribution in [2.75, 3.05) is 39.9 Å². The van der Waals surface area contributed by atoms with Crippen LogP contribution in [-0.2, 0) is 4.74 Å². The molecule has 1 saturated heterocycles. The second-order valence-electron chi connectivity index (χ2n) is 6.25. The molecule has 1 aliphatic heterocycles. The zero-order valence-corrected chi connectivity index (χ0v) is 12.3. The van der Waals surface area contributed by atoms with Crippen LogP contribution in [0.5, 0.6) is 0 Å². The summed E-state index contributed by atoms with van der Waals surface area (Å²) >= 11 is 0. The smallest absolute Gasteiger partial charge is 0.0547 e. The van der Waals surface area contributed by atoms with E-state index in [4.69, 9.17) is 4.74 Å². The maximum Gasteiger partial charge on any atom is 0.0547 e. The van der Waals surface area contributed by atoms with Gasteiger partial charge in [-0.05, 0) is 33.2 Å². The van der Waals surface area contributed by atoms with Gasteiger partial charge in [-0.15, -0.1) is 0 Å². The minimum Gasteiger partial charge on any atom is -0.381 e. The molecule has 102 valence electrons. The van der Waals surface area contributed by atoms with Gasteiger partial charge in [-0.2, -0.15) is 0 Å². The highest BCUT2D eigenvalue weighted by Gasteiger charge is 2.36. The average molecular weight is 242 g/mol. The van der Waals surface area contributed by atoms with Crippen molar-refractivity contribution < 1.29 is 4.74 Å². The molecule has 0 bridgehead atoms. The lowest BCUT2D eigenvalue weighted by atomic mass is 9.86. The molecule has 1 fully saturated rings. The molecule has 1 N–H and O–H groups in total. The molecule has 0 aromatic rings. The van der Waals surface area contributed by atoms with Crippen molar-refractivity contribution in [2.24, 2.45) is 11.3 Å². The topological polar surface area (TPSA) is 24.5 Å². The van der Waals surface area contributed by atoms with Crippen LogP contribution in [-0.4, -0.2) is 50.8 Å². The summed E-state index contributed by atoms with van der Waals surface area (Å²) in [6.45, 7) is 14.4. The van der Waals surface area contributed by atoms with Crippen molar-refractivity contribution in [1.29, 1.82) is 0 Å². The molecular weight excluding hydrogens is 212 g/mol. The van der Waals surface area contributed by atoms with Gasteiger partial charge < -0.3 is 10.1 Å². The lowest BCUT2D eigenvalue weighted by molar-refractivity contribution is 0.0868. The molecule has 0 amide bonds. The van der Waals surface area contributed by atoms with E-state index in [1.807, 2.05) is 7.05 Å². The van der Waals surface area contributed by atoms with E-state index in [2.05, 4.69) is 37.9 Å². The van der Waals surface area contributed by atoms with Crippen molar-refractivity contribution >= 4 is 0 Å². The van der Waals surface area contributed by atoms with Crippen molar-refractivity contribution in [3.63, 3.8) is 0 Å². The Morgan fingerprint density at radius 1 is 1.29 bits per heavy atom. The number of rotatable bonds is 7. The molecule has 1 aliphatic rings. The number of ether oxygens (including phenoxy) is 1. The fourth-order valence-corrected chi connectivity index (χ4v) is 2.70. The van der Waals surface area contributed by atoms with Crippen LogP contribution in [0.4, 0.5) is 0 Å². The quantitative estimate of drug-likeness (QED) is 0.739. The van der Waals surface area contributed by atoms with Gasteiger partial charge in [0, 0.05) is 37.7 Å². The van der Waals surface area contributed by atoms with Gasteiger partial charge in [0.2, 0.25) is 0 Å². The lowest BCUT2D eigenvalue weighted by Gasteiger charge is -2.37. The minimum absolute atomic E-state index is 0.327. The average Bonchev–Trinajstić information content (AvgIpc) is 2.65. The second kappa shape index (κ2) is 6.72. The molecule has 0 aliphatic carbocycles. The predicted molar refractivity (Wildman–Crippen MR) is 73.3 cm³/mol. The van der Waals surface area contributed by atoms with Gasteiger partial charge in [-0.1, -0.05) is 13.8 Å². The predicted octanol–water partition coefficient (Wildman–Crippen LogP) is 1.98. The van der Waals surface area contributed by atoms with Crippen LogP contribution in [0.15, 0.2) is 0 Å². The van der Waals surface area contributed by atoms with Gasteiger partial charge in [0.05, 0.1) is 6.61 Å². The largest absolute Gasteiger partial charge is 0.381 e. The van der Waals surface area contributed by atoms with Crippen LogP contribution in [0.1, 0.15) is 34.1 Å². The SMILES string of the molecule is CNCC1(CN(CC(C)C)C(C)C)CCOC1. The lowest BCUT2D eigenvalue weighted by Crippen LogP contribution is -2.47. The van der Waals surface area contributed by atoms with Crippen LogP contribution in [0, 0.1) is 11.3 Å². The third-order valence-electron chi connectivity index (χ3n) is 3.61. The molecular formula is C14H30N2O. The zero-order valence-electron chi connectivity index (χ0n) is 12.3. The van der Waals surface area contributed by atoms with Gasteiger partial charge >= 0.3 is 0 Å². The van der Waals surface area contributed by atoms with Crippen LogP contribution in [0.25, 0.3) is 0 Å². The Bertz CT molecular complexity index is 210. The second-order valence-corrected chi connectivity index (χ2v) is 6.25. The van der Waals surface area contributed by atoms with E-state index in [0.29, 0.717) is 11.5 Å². The first-order chi connectivity index (χ1) is 7.99. The number of nitrogens with one attached hydrogen (secondary N) is 1. The standard InChI is InChI=1S/C14H30N2O/c1-12(2)8-16(13(3)4)10-14(9-15-5)6-7-17-11-14/h12-13,15H,6-11H2,1-5H3. The minimum atomic E-state index is 0.327. The molecule has 0 radical (unpaired) electrons. The Kier molecular flexibility index (Phi) is 5.90. The van der Waals surface area contributed by atoms with E-state index in [-0.39, 0.29) is 0 Å². The fourth-order valence-electron chi connectivity index (χ4n) is 2.70. The Morgan fingerprint density at radius 3 is 2.41 bits per heavy atom. The summed E-state index contributed by atoms with van der Waals surface area (Å²) in [5.41, 5.74) is 0.327. The Balaban J connectivity index is 2.61. The highest BCUT2D eigenvalue weighted by Crippen LogP contribution is 2.30. The van der Waals surface area contributed by atoms with E-state index in [1.54, 1.807) is 0 Å². The molecule has 1 unspecified atom stereocenters. The van der Waals surface area contributed by atoms with E-state index in [0.717, 1.165) is 32.2 Å². The molecule has 17 heavy (non-hydrogen) atoms. The molecule has 3 heteroatoms. The Labute approximate surface area is 107 Å². The van der Waals surface area contributed by atoms with Gasteiger partial charge in [-0.3, -0.25) is 4.90 Å². The highest BCUT2D eigenvalue weighted by atomic mass is 16.5. The number of hydrogen-bond acceptors (Lipinski definition) is 3. The summed E-state index contributed by atoms with van der Waals surface area (Å²) in [5, 5.41) is 3.34. The van der Waals surface area contributed by atoms with Crippen LogP contribution < -0.4 is 5.32 Å². The first-order valence-electron chi connectivity index (χ1n) is 6.95. The monoisotopic (exact) mass is 242 g/mol. The molecule has 1 atom stereocenters. The molecule has 0 aromatic carbocycles. The van der Waals surface area contributed by atoms with Crippen LogP contribution in [0.2, 0.25) is 0 Å². The Morgan fingerprint density at radius 2 is 2.00 bits per heavy atom. The third kappa shape index (κ3) is 4.57. The first-order valence-corrected chi connectivity index (χ1v) is 6.95. The maximum atomic E-state index is 5.63. The zero-order chi connectivity index (χ0) is 12.9. The summed E-state index contributed by atoms with van der Waals surface area (Å²) in [6, 6.07) is 0.617. The van der Waals surface area contributed by atoms with Gasteiger partial charge in [0.25, 0.3) is 0 Å². The molecule has 0 saturated carbocycles. The van der Waals surface area contributed by atoms with E-state index in [9.17, 15) is 0 Å². The van der Waals surface area contributed by atoms with Crippen LogP contribution in [0.3, 0.4) is 0 Å². The maximum absolute atomic E-state index is 5.63. The van der Waals surface area contributed by atoms with Gasteiger partial charge in [0.15, 0.2) is 0 Å².